The summed E-state index contributed by atoms with van der Waals surface area (Å²) in [5.74, 6) is -1.29. The highest BCUT2D eigenvalue weighted by atomic mass is 32.2. The molecule has 1 aromatic heterocycles. The Kier molecular flexibility index (Phi) is 5.72. The second-order valence-corrected chi connectivity index (χ2v) is 9.16. The zero-order valence-corrected chi connectivity index (χ0v) is 16.2. The molecule has 0 aliphatic heterocycles. The van der Waals surface area contributed by atoms with Gasteiger partial charge in [-0.1, -0.05) is 35.9 Å². The van der Waals surface area contributed by atoms with Crippen molar-refractivity contribution in [3.63, 3.8) is 0 Å². The summed E-state index contributed by atoms with van der Waals surface area (Å²) in [5.41, 5.74) is 0.838. The average Bonchev–Trinajstić information content (AvgIpc) is 3.16. The van der Waals surface area contributed by atoms with Crippen LogP contribution in [0.1, 0.15) is 26.0 Å². The molecule has 3 rings (SSSR count). The molecule has 0 fully saturated rings. The third-order valence-corrected chi connectivity index (χ3v) is 7.39. The van der Waals surface area contributed by atoms with E-state index >= 15 is 0 Å². The average molecular weight is 404 g/mol. The first kappa shape index (κ1) is 19.3. The summed E-state index contributed by atoms with van der Waals surface area (Å²) < 4.78 is 40.1. The summed E-state index contributed by atoms with van der Waals surface area (Å²) in [6, 6.07) is 15.7. The minimum absolute atomic E-state index is 0.116. The van der Waals surface area contributed by atoms with Crippen LogP contribution in [0.25, 0.3) is 0 Å². The summed E-state index contributed by atoms with van der Waals surface area (Å²) in [6.45, 7) is 1.73. The van der Waals surface area contributed by atoms with Crippen LogP contribution in [0.4, 0.5) is 4.39 Å². The Hall–Kier alpha value is -2.51. The van der Waals surface area contributed by atoms with Gasteiger partial charge in [0.2, 0.25) is 0 Å². The van der Waals surface area contributed by atoms with Crippen LogP contribution >= 0.6 is 11.3 Å². The van der Waals surface area contributed by atoms with Crippen molar-refractivity contribution in [2.45, 2.75) is 17.1 Å². The third kappa shape index (κ3) is 4.26. The first-order valence-corrected chi connectivity index (χ1v) is 10.7. The van der Waals surface area contributed by atoms with E-state index in [1.54, 1.807) is 47.8 Å². The second-order valence-electron chi connectivity index (χ2n) is 6.05. The molecule has 0 saturated heterocycles. The van der Waals surface area contributed by atoms with Crippen molar-refractivity contribution in [1.82, 2.24) is 5.32 Å². The normalized spacial score (nSPS) is 12.5. The first-order valence-electron chi connectivity index (χ1n) is 8.26. The molecule has 0 aliphatic carbocycles. The highest BCUT2D eigenvalue weighted by Crippen LogP contribution is 2.31. The van der Waals surface area contributed by atoms with Crippen LogP contribution in [0.15, 0.2) is 70.9 Å². The maximum Gasteiger partial charge on any atom is 0.254 e. The van der Waals surface area contributed by atoms with Gasteiger partial charge in [0.25, 0.3) is 5.91 Å². The third-order valence-electron chi connectivity index (χ3n) is 4.15. The van der Waals surface area contributed by atoms with Crippen molar-refractivity contribution < 1.29 is 17.6 Å². The van der Waals surface area contributed by atoms with E-state index in [0.29, 0.717) is 4.88 Å². The standard InChI is InChI=1S/C20H18FNO3S2/c1-14-8-10-15(11-9-14)27(24,25)19(18-7-4-12-26-18)13-22-20(23)16-5-2-3-6-17(16)21/h2-12,19H,13H2,1H3,(H,22,23)/t19-/m1/s1. The van der Waals surface area contributed by atoms with E-state index in [1.807, 2.05) is 6.92 Å². The Bertz CT molecular complexity index is 1030. The van der Waals surface area contributed by atoms with Crippen LogP contribution in [0.3, 0.4) is 0 Å². The minimum Gasteiger partial charge on any atom is -0.350 e. The van der Waals surface area contributed by atoms with Gasteiger partial charge in [0, 0.05) is 11.4 Å². The van der Waals surface area contributed by atoms with Gasteiger partial charge in [0.05, 0.1) is 10.5 Å². The molecule has 7 heteroatoms. The SMILES string of the molecule is Cc1ccc(S(=O)(=O)[C@H](CNC(=O)c2ccccc2F)c2cccs2)cc1. The molecule has 1 N–H and O–H groups in total. The number of carbonyl (C=O) groups excluding carboxylic acids is 1. The Morgan fingerprint density at radius 2 is 1.78 bits per heavy atom. The van der Waals surface area contributed by atoms with E-state index in [-0.39, 0.29) is 17.0 Å². The molecule has 0 saturated carbocycles. The molecule has 27 heavy (non-hydrogen) atoms. The van der Waals surface area contributed by atoms with Crippen LogP contribution < -0.4 is 5.32 Å². The summed E-state index contributed by atoms with van der Waals surface area (Å²) in [4.78, 5) is 13.1. The van der Waals surface area contributed by atoms with Gasteiger partial charge in [0.1, 0.15) is 11.1 Å². The van der Waals surface area contributed by atoms with E-state index in [9.17, 15) is 17.6 Å². The first-order chi connectivity index (χ1) is 12.9. The Morgan fingerprint density at radius 3 is 2.41 bits per heavy atom. The van der Waals surface area contributed by atoms with E-state index in [4.69, 9.17) is 0 Å². The highest BCUT2D eigenvalue weighted by molar-refractivity contribution is 7.91. The number of thiophene rings is 1. The number of sulfone groups is 1. The predicted octanol–water partition coefficient (Wildman–Crippen LogP) is 4.14. The minimum atomic E-state index is -3.73. The lowest BCUT2D eigenvalue weighted by Crippen LogP contribution is -2.32. The van der Waals surface area contributed by atoms with Gasteiger partial charge in [-0.2, -0.15) is 0 Å². The summed E-state index contributed by atoms with van der Waals surface area (Å²) in [7, 11) is -3.73. The van der Waals surface area contributed by atoms with Gasteiger partial charge in [-0.3, -0.25) is 4.79 Å². The monoisotopic (exact) mass is 403 g/mol. The van der Waals surface area contributed by atoms with Crippen LogP contribution in [0.5, 0.6) is 0 Å². The fourth-order valence-corrected chi connectivity index (χ4v) is 5.44. The molecular weight excluding hydrogens is 385 g/mol. The molecule has 3 aromatic rings. The molecule has 4 nitrogen and oxygen atoms in total. The largest absolute Gasteiger partial charge is 0.350 e. The van der Waals surface area contributed by atoms with Crippen LogP contribution in [-0.2, 0) is 9.84 Å². The number of aryl methyl sites for hydroxylation is 1. The Labute approximate surface area is 161 Å². The molecule has 0 aliphatic rings. The van der Waals surface area contributed by atoms with Crippen molar-refractivity contribution in [3.05, 3.63) is 87.9 Å². The number of hydrogen-bond acceptors (Lipinski definition) is 4. The molecule has 0 bridgehead atoms. The highest BCUT2D eigenvalue weighted by Gasteiger charge is 2.30. The van der Waals surface area contributed by atoms with Crippen molar-refractivity contribution in [1.29, 1.82) is 0 Å². The molecule has 0 spiro atoms. The molecule has 140 valence electrons. The van der Waals surface area contributed by atoms with Crippen molar-refractivity contribution in [2.75, 3.05) is 6.54 Å². The quantitative estimate of drug-likeness (QED) is 0.673. The molecule has 1 amide bonds. The Balaban J connectivity index is 1.88. The van der Waals surface area contributed by atoms with Gasteiger partial charge in [-0.25, -0.2) is 12.8 Å². The lowest BCUT2D eigenvalue weighted by atomic mass is 10.2. The fourth-order valence-electron chi connectivity index (χ4n) is 2.66. The topological polar surface area (TPSA) is 63.2 Å². The number of hydrogen-bond donors (Lipinski definition) is 1. The number of halogens is 1. The van der Waals surface area contributed by atoms with Gasteiger partial charge < -0.3 is 5.32 Å². The Morgan fingerprint density at radius 1 is 1.07 bits per heavy atom. The molecule has 1 heterocycles. The smallest absolute Gasteiger partial charge is 0.254 e. The van der Waals surface area contributed by atoms with Crippen LogP contribution in [0, 0.1) is 12.7 Å². The molecule has 0 unspecified atom stereocenters. The van der Waals surface area contributed by atoms with Gasteiger partial charge >= 0.3 is 0 Å². The van der Waals surface area contributed by atoms with Gasteiger partial charge in [-0.05, 0) is 42.6 Å². The van der Waals surface area contributed by atoms with Gasteiger partial charge in [-0.15, -0.1) is 11.3 Å². The van der Waals surface area contributed by atoms with E-state index in [1.165, 1.54) is 29.5 Å². The predicted molar refractivity (Wildman–Crippen MR) is 104 cm³/mol. The summed E-state index contributed by atoms with van der Waals surface area (Å²) >= 11 is 1.30. The van der Waals surface area contributed by atoms with Crippen molar-refractivity contribution >= 4 is 27.1 Å². The molecule has 1 atom stereocenters. The maximum atomic E-state index is 13.8. The van der Waals surface area contributed by atoms with E-state index < -0.39 is 26.8 Å². The lowest BCUT2D eigenvalue weighted by molar-refractivity contribution is 0.0949. The number of rotatable bonds is 6. The molecule has 0 radical (unpaired) electrons. The van der Waals surface area contributed by atoms with E-state index in [2.05, 4.69) is 5.32 Å². The van der Waals surface area contributed by atoms with Gasteiger partial charge in [0.15, 0.2) is 9.84 Å². The summed E-state index contributed by atoms with van der Waals surface area (Å²) in [6.07, 6.45) is 0. The van der Waals surface area contributed by atoms with E-state index in [0.717, 1.165) is 5.56 Å². The summed E-state index contributed by atoms with van der Waals surface area (Å²) in [5, 5.41) is 3.40. The van der Waals surface area contributed by atoms with Crippen LogP contribution in [0.2, 0.25) is 0 Å². The molecular formula is C20H18FNO3S2. The lowest BCUT2D eigenvalue weighted by Gasteiger charge is -2.18. The molecule has 2 aromatic carbocycles. The number of benzene rings is 2. The fraction of sp³-hybridized carbons (Fsp3) is 0.150. The van der Waals surface area contributed by atoms with Crippen molar-refractivity contribution in [2.24, 2.45) is 0 Å². The second kappa shape index (κ2) is 8.02. The maximum absolute atomic E-state index is 13.8. The number of nitrogens with one attached hydrogen (secondary N) is 1. The van der Waals surface area contributed by atoms with Crippen molar-refractivity contribution in [3.8, 4) is 0 Å². The zero-order chi connectivity index (χ0) is 19.4. The number of carbonyl (C=O) groups is 1. The van der Waals surface area contributed by atoms with Crippen LogP contribution in [-0.4, -0.2) is 20.9 Å². The number of amides is 1. The zero-order valence-electron chi connectivity index (χ0n) is 14.6.